The Hall–Kier alpha value is 0.160. The summed E-state index contributed by atoms with van der Waals surface area (Å²) in [6, 6.07) is 0. The Morgan fingerprint density at radius 1 is 1.53 bits per heavy atom. The number of hydrogen-bond acceptors (Lipinski definition) is 3. The van der Waals surface area contributed by atoms with Crippen molar-refractivity contribution in [2.45, 2.75) is 44.6 Å². The first kappa shape index (κ1) is 15.2. The Morgan fingerprint density at radius 3 is 2.76 bits per heavy atom. The van der Waals surface area contributed by atoms with Gasteiger partial charge in [0.05, 0.1) is 17.9 Å². The van der Waals surface area contributed by atoms with E-state index >= 15 is 0 Å². The minimum Gasteiger partial charge on any atom is -0.394 e. The first-order valence-corrected chi connectivity index (χ1v) is 8.30. The Balaban J connectivity index is 2.68. The van der Waals surface area contributed by atoms with E-state index < -0.39 is 15.6 Å². The lowest BCUT2D eigenvalue weighted by Crippen LogP contribution is -2.54. The largest absolute Gasteiger partial charge is 0.394 e. The van der Waals surface area contributed by atoms with E-state index in [2.05, 4.69) is 11.6 Å². The second-order valence-electron chi connectivity index (χ2n) is 5.10. The molecule has 1 aliphatic rings. The maximum atomic E-state index is 11.8. The van der Waals surface area contributed by atoms with Gasteiger partial charge in [-0.2, -0.15) is 0 Å². The maximum Gasteiger partial charge on any atom is 0.212 e. The van der Waals surface area contributed by atoms with Crippen molar-refractivity contribution in [3.8, 4) is 0 Å². The van der Waals surface area contributed by atoms with E-state index in [4.69, 9.17) is 11.6 Å². The van der Waals surface area contributed by atoms with Crippen molar-refractivity contribution in [1.29, 1.82) is 0 Å². The lowest BCUT2D eigenvalue weighted by Gasteiger charge is -2.39. The Bertz CT molecular complexity index is 334. The topological polar surface area (TPSA) is 66.4 Å². The average Bonchev–Trinajstić information content (AvgIpc) is 2.26. The molecular formula is C11H22ClNO3S. The molecule has 102 valence electrons. The summed E-state index contributed by atoms with van der Waals surface area (Å²) in [6.45, 7) is 1.97. The van der Waals surface area contributed by atoms with Crippen molar-refractivity contribution in [3.63, 3.8) is 0 Å². The molecular weight excluding hydrogens is 262 g/mol. The third kappa shape index (κ3) is 4.73. The number of aliphatic hydroxyl groups excluding tert-OH is 1. The van der Waals surface area contributed by atoms with Gasteiger partial charge in [0.15, 0.2) is 0 Å². The molecule has 0 aromatic heterocycles. The van der Waals surface area contributed by atoms with E-state index in [9.17, 15) is 13.5 Å². The lowest BCUT2D eigenvalue weighted by atomic mass is 9.78. The second-order valence-corrected chi connectivity index (χ2v) is 7.32. The highest BCUT2D eigenvalue weighted by Crippen LogP contribution is 2.32. The Labute approximate surface area is 109 Å². The molecule has 1 rings (SSSR count). The molecule has 2 unspecified atom stereocenters. The first-order chi connectivity index (χ1) is 7.93. The standard InChI is InChI=1S/C11H22ClNO3S/c1-10-4-2-5-11(8-10,9-14)13-17(15,16)7-3-6-12/h10,13-14H,2-9H2,1H3. The van der Waals surface area contributed by atoms with Gasteiger partial charge in [-0.25, -0.2) is 13.1 Å². The van der Waals surface area contributed by atoms with Crippen LogP contribution >= 0.6 is 11.6 Å². The van der Waals surface area contributed by atoms with Gasteiger partial charge in [-0.15, -0.1) is 11.6 Å². The molecule has 6 heteroatoms. The minimum absolute atomic E-state index is 0.0344. The van der Waals surface area contributed by atoms with Crippen molar-refractivity contribution in [1.82, 2.24) is 4.72 Å². The van der Waals surface area contributed by atoms with Crippen molar-refractivity contribution >= 4 is 21.6 Å². The van der Waals surface area contributed by atoms with Crippen LogP contribution in [0.15, 0.2) is 0 Å². The number of nitrogens with one attached hydrogen (secondary N) is 1. The SMILES string of the molecule is CC1CCCC(CO)(NS(=O)(=O)CCCCl)C1. The van der Waals surface area contributed by atoms with Crippen molar-refractivity contribution in [2.75, 3.05) is 18.2 Å². The molecule has 0 aromatic carbocycles. The van der Waals surface area contributed by atoms with Crippen molar-refractivity contribution < 1.29 is 13.5 Å². The molecule has 2 atom stereocenters. The number of alkyl halides is 1. The summed E-state index contributed by atoms with van der Waals surface area (Å²) in [5.41, 5.74) is -0.650. The van der Waals surface area contributed by atoms with Crippen LogP contribution in [0, 0.1) is 5.92 Å². The highest BCUT2D eigenvalue weighted by Gasteiger charge is 2.37. The molecule has 1 saturated carbocycles. The van der Waals surface area contributed by atoms with Crippen LogP contribution in [-0.2, 0) is 10.0 Å². The summed E-state index contributed by atoms with van der Waals surface area (Å²) < 4.78 is 26.4. The van der Waals surface area contributed by atoms with E-state index in [0.717, 1.165) is 12.8 Å². The highest BCUT2D eigenvalue weighted by atomic mass is 35.5. The van der Waals surface area contributed by atoms with Gasteiger partial charge >= 0.3 is 0 Å². The quantitative estimate of drug-likeness (QED) is 0.726. The van der Waals surface area contributed by atoms with Crippen LogP contribution in [0.2, 0.25) is 0 Å². The molecule has 0 spiro atoms. The molecule has 0 aliphatic heterocycles. The van der Waals surface area contributed by atoms with Crippen LogP contribution in [0.5, 0.6) is 0 Å². The number of aliphatic hydroxyl groups is 1. The highest BCUT2D eigenvalue weighted by molar-refractivity contribution is 7.89. The molecule has 0 amide bonds. The zero-order valence-electron chi connectivity index (χ0n) is 10.3. The Morgan fingerprint density at radius 2 is 2.24 bits per heavy atom. The molecule has 4 nitrogen and oxygen atoms in total. The fraction of sp³-hybridized carbons (Fsp3) is 1.00. The van der Waals surface area contributed by atoms with Crippen LogP contribution in [0.25, 0.3) is 0 Å². The molecule has 1 aliphatic carbocycles. The van der Waals surface area contributed by atoms with E-state index in [1.807, 2.05) is 0 Å². The molecule has 0 heterocycles. The fourth-order valence-corrected chi connectivity index (χ4v) is 4.38. The van der Waals surface area contributed by atoms with Gasteiger partial charge in [-0.1, -0.05) is 19.8 Å². The van der Waals surface area contributed by atoms with E-state index in [-0.39, 0.29) is 12.4 Å². The fourth-order valence-electron chi connectivity index (χ4n) is 2.55. The smallest absolute Gasteiger partial charge is 0.212 e. The molecule has 0 radical (unpaired) electrons. The van der Waals surface area contributed by atoms with Gasteiger partial charge in [-0.05, 0) is 25.2 Å². The number of halogens is 1. The molecule has 2 N–H and O–H groups in total. The summed E-state index contributed by atoms with van der Waals surface area (Å²) in [7, 11) is -3.33. The van der Waals surface area contributed by atoms with Gasteiger partial charge in [0.2, 0.25) is 10.0 Å². The van der Waals surface area contributed by atoms with Crippen LogP contribution in [0.3, 0.4) is 0 Å². The lowest BCUT2D eigenvalue weighted by molar-refractivity contribution is 0.120. The van der Waals surface area contributed by atoms with Gasteiger partial charge < -0.3 is 5.11 Å². The third-order valence-corrected chi connectivity index (χ3v) is 5.15. The van der Waals surface area contributed by atoms with Crippen molar-refractivity contribution in [3.05, 3.63) is 0 Å². The van der Waals surface area contributed by atoms with Gasteiger partial charge in [0.25, 0.3) is 0 Å². The maximum absolute atomic E-state index is 11.8. The number of rotatable bonds is 6. The van der Waals surface area contributed by atoms with E-state index in [0.29, 0.717) is 31.1 Å². The average molecular weight is 284 g/mol. The molecule has 0 aromatic rings. The van der Waals surface area contributed by atoms with Gasteiger partial charge in [-0.3, -0.25) is 0 Å². The summed E-state index contributed by atoms with van der Waals surface area (Å²) in [5.74, 6) is 0.822. The molecule has 0 saturated heterocycles. The van der Waals surface area contributed by atoms with Crippen LogP contribution in [0.4, 0.5) is 0 Å². The van der Waals surface area contributed by atoms with Crippen molar-refractivity contribution in [2.24, 2.45) is 5.92 Å². The summed E-state index contributed by atoms with van der Waals surface area (Å²) in [4.78, 5) is 0. The number of hydrogen-bond donors (Lipinski definition) is 2. The third-order valence-electron chi connectivity index (χ3n) is 3.31. The predicted octanol–water partition coefficient (Wildman–Crippen LogP) is 1.48. The zero-order chi connectivity index (χ0) is 12.9. The second kappa shape index (κ2) is 6.36. The molecule has 17 heavy (non-hydrogen) atoms. The first-order valence-electron chi connectivity index (χ1n) is 6.11. The van der Waals surface area contributed by atoms with Gasteiger partial charge in [0.1, 0.15) is 0 Å². The number of sulfonamides is 1. The van der Waals surface area contributed by atoms with Crippen LogP contribution in [0.1, 0.15) is 39.0 Å². The minimum atomic E-state index is -3.33. The van der Waals surface area contributed by atoms with Crippen LogP contribution < -0.4 is 4.72 Å². The van der Waals surface area contributed by atoms with E-state index in [1.165, 1.54) is 0 Å². The zero-order valence-corrected chi connectivity index (χ0v) is 11.9. The predicted molar refractivity (Wildman–Crippen MR) is 69.7 cm³/mol. The summed E-state index contributed by atoms with van der Waals surface area (Å²) >= 11 is 5.50. The van der Waals surface area contributed by atoms with Crippen LogP contribution in [-0.4, -0.2) is 37.3 Å². The van der Waals surface area contributed by atoms with Gasteiger partial charge in [0, 0.05) is 5.88 Å². The monoisotopic (exact) mass is 283 g/mol. The molecule has 1 fully saturated rings. The molecule has 0 bridgehead atoms. The Kier molecular flexibility index (Phi) is 5.70. The summed E-state index contributed by atoms with van der Waals surface area (Å²) in [6.07, 6.45) is 3.93. The van der Waals surface area contributed by atoms with E-state index in [1.54, 1.807) is 0 Å². The summed E-state index contributed by atoms with van der Waals surface area (Å²) in [5, 5.41) is 9.50. The normalized spacial score (nSPS) is 30.4.